The van der Waals surface area contributed by atoms with Crippen LogP contribution in [-0.2, 0) is 6.18 Å². The minimum absolute atomic E-state index is 0.0123. The maximum Gasteiger partial charge on any atom is 0.434 e. The summed E-state index contributed by atoms with van der Waals surface area (Å²) >= 11 is 0. The van der Waals surface area contributed by atoms with Crippen LogP contribution in [0.15, 0.2) is 59.5 Å². The topological polar surface area (TPSA) is 56.7 Å². The highest BCUT2D eigenvalue weighted by Gasteiger charge is 2.40. The SMILES string of the molecule is Fc1cnccc1-c1cc(-c2cnn(-c3ccccc3F)c2C(F)(F)F)on1. The fraction of sp³-hybridized carbons (Fsp3) is 0.0556. The van der Waals surface area contributed by atoms with Gasteiger partial charge in [0.25, 0.3) is 0 Å². The summed E-state index contributed by atoms with van der Waals surface area (Å²) in [7, 11) is 0. The van der Waals surface area contributed by atoms with E-state index in [1.54, 1.807) is 0 Å². The van der Waals surface area contributed by atoms with Crippen molar-refractivity contribution in [2.24, 2.45) is 0 Å². The second-order valence-corrected chi connectivity index (χ2v) is 5.70. The molecule has 3 heterocycles. The molecule has 10 heteroatoms. The Labute approximate surface area is 154 Å². The van der Waals surface area contributed by atoms with Gasteiger partial charge >= 0.3 is 6.18 Å². The normalized spacial score (nSPS) is 11.8. The number of nitrogens with zero attached hydrogens (tertiary/aromatic N) is 4. The van der Waals surface area contributed by atoms with E-state index < -0.39 is 29.1 Å². The maximum absolute atomic E-state index is 14.0. The van der Waals surface area contributed by atoms with Gasteiger partial charge in [0.05, 0.1) is 18.0 Å². The fourth-order valence-corrected chi connectivity index (χ4v) is 2.72. The van der Waals surface area contributed by atoms with Crippen LogP contribution in [0.3, 0.4) is 0 Å². The van der Waals surface area contributed by atoms with Crippen LogP contribution in [0, 0.1) is 11.6 Å². The van der Waals surface area contributed by atoms with Gasteiger partial charge in [-0.1, -0.05) is 17.3 Å². The first-order valence-corrected chi connectivity index (χ1v) is 7.83. The van der Waals surface area contributed by atoms with E-state index >= 15 is 0 Å². The minimum atomic E-state index is -4.87. The number of alkyl halides is 3. The summed E-state index contributed by atoms with van der Waals surface area (Å²) in [5.74, 6) is -1.87. The molecule has 4 aromatic rings. The highest BCUT2D eigenvalue weighted by atomic mass is 19.4. The number of para-hydroxylation sites is 1. The van der Waals surface area contributed by atoms with E-state index in [2.05, 4.69) is 15.2 Å². The number of hydrogen-bond donors (Lipinski definition) is 0. The Morgan fingerprint density at radius 1 is 0.929 bits per heavy atom. The summed E-state index contributed by atoms with van der Waals surface area (Å²) in [4.78, 5) is 3.60. The molecule has 0 fully saturated rings. The van der Waals surface area contributed by atoms with E-state index in [0.717, 1.165) is 24.5 Å². The molecule has 0 saturated heterocycles. The standard InChI is InChI=1S/C18H9F5N4O/c19-12-3-1-2-4-15(12)27-17(18(21,22)23)11(8-25-27)16-7-14(26-28-16)10-5-6-24-9-13(10)20/h1-9H. The van der Waals surface area contributed by atoms with Gasteiger partial charge in [-0.3, -0.25) is 4.98 Å². The van der Waals surface area contributed by atoms with E-state index in [9.17, 15) is 22.0 Å². The third kappa shape index (κ3) is 3.02. The smallest absolute Gasteiger partial charge is 0.356 e. The molecule has 4 rings (SSSR count). The summed E-state index contributed by atoms with van der Waals surface area (Å²) < 4.78 is 74.5. The lowest BCUT2D eigenvalue weighted by Gasteiger charge is -2.12. The Balaban J connectivity index is 1.86. The zero-order valence-corrected chi connectivity index (χ0v) is 13.8. The summed E-state index contributed by atoms with van der Waals surface area (Å²) in [5.41, 5.74) is -2.07. The molecule has 0 radical (unpaired) electrons. The third-order valence-corrected chi connectivity index (χ3v) is 3.94. The first-order chi connectivity index (χ1) is 13.4. The molecule has 0 unspecified atom stereocenters. The molecule has 0 bridgehead atoms. The van der Waals surface area contributed by atoms with E-state index in [4.69, 9.17) is 4.52 Å². The van der Waals surface area contributed by atoms with Crippen molar-refractivity contribution >= 4 is 0 Å². The van der Waals surface area contributed by atoms with Crippen LogP contribution in [0.5, 0.6) is 0 Å². The number of benzene rings is 1. The van der Waals surface area contributed by atoms with Gasteiger partial charge in [0.15, 0.2) is 17.3 Å². The highest BCUT2D eigenvalue weighted by molar-refractivity contribution is 5.68. The van der Waals surface area contributed by atoms with Crippen molar-refractivity contribution < 1.29 is 26.5 Å². The van der Waals surface area contributed by atoms with Crippen molar-refractivity contribution in [3.63, 3.8) is 0 Å². The molecule has 1 aromatic carbocycles. The van der Waals surface area contributed by atoms with Crippen molar-refractivity contribution in [1.29, 1.82) is 0 Å². The van der Waals surface area contributed by atoms with Crippen LogP contribution in [0.2, 0.25) is 0 Å². The van der Waals surface area contributed by atoms with Crippen molar-refractivity contribution in [2.75, 3.05) is 0 Å². The Bertz CT molecular complexity index is 1150. The monoisotopic (exact) mass is 392 g/mol. The van der Waals surface area contributed by atoms with Gasteiger partial charge in [-0.15, -0.1) is 0 Å². The van der Waals surface area contributed by atoms with Crippen LogP contribution in [0.4, 0.5) is 22.0 Å². The zero-order valence-electron chi connectivity index (χ0n) is 13.8. The first kappa shape index (κ1) is 17.8. The number of rotatable bonds is 3. The third-order valence-electron chi connectivity index (χ3n) is 3.94. The van der Waals surface area contributed by atoms with Gasteiger partial charge in [-0.05, 0) is 18.2 Å². The van der Waals surface area contributed by atoms with Gasteiger partial charge in [-0.2, -0.15) is 18.3 Å². The number of pyridine rings is 1. The molecule has 0 spiro atoms. The second kappa shape index (κ2) is 6.55. The molecule has 3 aromatic heterocycles. The number of hydrogen-bond acceptors (Lipinski definition) is 4. The predicted molar refractivity (Wildman–Crippen MR) is 87.2 cm³/mol. The van der Waals surface area contributed by atoms with Crippen LogP contribution in [-0.4, -0.2) is 19.9 Å². The average molecular weight is 392 g/mol. The summed E-state index contributed by atoms with van der Waals surface area (Å²) in [6.45, 7) is 0. The molecular formula is C18H9F5N4O. The number of halogens is 5. The summed E-state index contributed by atoms with van der Waals surface area (Å²) in [6.07, 6.45) is -1.73. The lowest BCUT2D eigenvalue weighted by Crippen LogP contribution is -2.15. The molecular weight excluding hydrogens is 383 g/mol. The maximum atomic E-state index is 14.0. The van der Waals surface area contributed by atoms with Gasteiger partial charge in [-0.25, -0.2) is 13.5 Å². The molecule has 28 heavy (non-hydrogen) atoms. The fourth-order valence-electron chi connectivity index (χ4n) is 2.72. The Kier molecular flexibility index (Phi) is 4.17. The number of aromatic nitrogens is 4. The highest BCUT2D eigenvalue weighted by Crippen LogP contribution is 2.39. The van der Waals surface area contributed by atoms with Crippen molar-refractivity contribution in [2.45, 2.75) is 6.18 Å². The second-order valence-electron chi connectivity index (χ2n) is 5.70. The van der Waals surface area contributed by atoms with Crippen molar-refractivity contribution in [3.05, 3.63) is 72.3 Å². The molecule has 0 aliphatic carbocycles. The molecule has 0 N–H and O–H groups in total. The largest absolute Gasteiger partial charge is 0.434 e. The van der Waals surface area contributed by atoms with Gasteiger partial charge < -0.3 is 4.52 Å². The first-order valence-electron chi connectivity index (χ1n) is 7.83. The van der Waals surface area contributed by atoms with Crippen LogP contribution in [0.25, 0.3) is 28.3 Å². The molecule has 142 valence electrons. The Morgan fingerprint density at radius 3 is 2.43 bits per heavy atom. The lowest BCUT2D eigenvalue weighted by atomic mass is 10.1. The van der Waals surface area contributed by atoms with Gasteiger partial charge in [0.2, 0.25) is 0 Å². The summed E-state index contributed by atoms with van der Waals surface area (Å²) in [6, 6.07) is 7.39. The average Bonchev–Trinajstić information content (AvgIpc) is 3.29. The van der Waals surface area contributed by atoms with Crippen LogP contribution < -0.4 is 0 Å². The van der Waals surface area contributed by atoms with Crippen molar-refractivity contribution in [3.8, 4) is 28.3 Å². The lowest BCUT2D eigenvalue weighted by molar-refractivity contribution is -0.142. The van der Waals surface area contributed by atoms with Crippen LogP contribution in [0.1, 0.15) is 5.69 Å². The van der Waals surface area contributed by atoms with E-state index in [1.807, 2.05) is 0 Å². The minimum Gasteiger partial charge on any atom is -0.356 e. The summed E-state index contributed by atoms with van der Waals surface area (Å²) in [5, 5.41) is 7.30. The molecule has 0 aliphatic heterocycles. The van der Waals surface area contributed by atoms with Gasteiger partial charge in [0.1, 0.15) is 17.2 Å². The molecule has 0 amide bonds. The van der Waals surface area contributed by atoms with E-state index in [1.165, 1.54) is 30.5 Å². The van der Waals surface area contributed by atoms with E-state index in [0.29, 0.717) is 4.68 Å². The zero-order chi connectivity index (χ0) is 19.9. The molecule has 0 atom stereocenters. The Hall–Kier alpha value is -3.56. The van der Waals surface area contributed by atoms with Gasteiger partial charge in [0, 0.05) is 17.8 Å². The molecule has 0 saturated carbocycles. The quantitative estimate of drug-likeness (QED) is 0.466. The molecule has 0 aliphatic rings. The van der Waals surface area contributed by atoms with Crippen LogP contribution >= 0.6 is 0 Å². The van der Waals surface area contributed by atoms with Crippen molar-refractivity contribution in [1.82, 2.24) is 19.9 Å². The van der Waals surface area contributed by atoms with E-state index in [-0.39, 0.29) is 22.7 Å². The predicted octanol–water partition coefficient (Wildman–Crippen LogP) is 4.89. The molecule has 5 nitrogen and oxygen atoms in total. The Morgan fingerprint density at radius 2 is 1.71 bits per heavy atom.